The van der Waals surface area contributed by atoms with Gasteiger partial charge in [0.15, 0.2) is 6.10 Å². The zero-order chi connectivity index (χ0) is 23.9. The molecule has 0 saturated heterocycles. The first kappa shape index (κ1) is 25.7. The quantitative estimate of drug-likeness (QED) is 0.451. The summed E-state index contributed by atoms with van der Waals surface area (Å²) in [4.78, 5) is 21.9. The van der Waals surface area contributed by atoms with Crippen LogP contribution in [0, 0.1) is 0 Å². The summed E-state index contributed by atoms with van der Waals surface area (Å²) in [5, 5.41) is 2.32. The van der Waals surface area contributed by atoms with Crippen molar-refractivity contribution in [3.05, 3.63) is 54.1 Å². The second-order valence-corrected chi connectivity index (χ2v) is 8.82. The molecule has 11 heteroatoms. The number of carbonyl (C=O) groups is 1. The molecule has 2 N–H and O–H groups in total. The summed E-state index contributed by atoms with van der Waals surface area (Å²) in [6.45, 7) is 4.93. The molecule has 0 aliphatic heterocycles. The zero-order valence-corrected chi connectivity index (χ0v) is 18.7. The Morgan fingerprint density at radius 1 is 1.03 bits per heavy atom. The van der Waals surface area contributed by atoms with Crippen molar-refractivity contribution in [3.8, 4) is 17.2 Å². The van der Waals surface area contributed by atoms with E-state index in [1.165, 1.54) is 43.3 Å². The molecule has 0 radical (unpaired) electrons. The molecule has 0 heterocycles. The van der Waals surface area contributed by atoms with E-state index in [2.05, 4.69) is 5.32 Å². The second-order valence-electron chi connectivity index (χ2n) is 7.02. The van der Waals surface area contributed by atoms with E-state index in [-0.39, 0.29) is 5.75 Å². The van der Waals surface area contributed by atoms with Crippen molar-refractivity contribution < 1.29 is 41.4 Å². The second kappa shape index (κ2) is 10.8. The predicted molar refractivity (Wildman–Crippen MR) is 112 cm³/mol. The summed E-state index contributed by atoms with van der Waals surface area (Å²) < 4.78 is 65.8. The molecule has 2 rings (SSSR count). The number of alkyl halides is 3. The lowest BCUT2D eigenvalue weighted by molar-refractivity contribution is -0.137. The number of hydrogen-bond donors (Lipinski definition) is 2. The molecule has 7 nitrogen and oxygen atoms in total. The van der Waals surface area contributed by atoms with Gasteiger partial charge in [-0.15, -0.1) is 0 Å². The van der Waals surface area contributed by atoms with Crippen molar-refractivity contribution in [1.29, 1.82) is 0 Å². The number of ether oxygens (including phenoxy) is 2. The van der Waals surface area contributed by atoms with Gasteiger partial charge in [0.05, 0.1) is 11.7 Å². The number of hydrogen-bond acceptors (Lipinski definition) is 5. The maximum atomic E-state index is 12.6. The lowest BCUT2D eigenvalue weighted by atomic mass is 10.2. The predicted octanol–water partition coefficient (Wildman–Crippen LogP) is 5.34. The minimum atomic E-state index is -4.42. The molecule has 0 fully saturated rings. The van der Waals surface area contributed by atoms with Gasteiger partial charge in [0.25, 0.3) is 5.91 Å². The molecule has 0 aliphatic rings. The fraction of sp³-hybridized carbons (Fsp3) is 0.381. The van der Waals surface area contributed by atoms with Gasteiger partial charge in [0, 0.05) is 0 Å². The van der Waals surface area contributed by atoms with Crippen LogP contribution in [0.2, 0.25) is 0 Å². The van der Waals surface area contributed by atoms with Gasteiger partial charge in [-0.25, -0.2) is 0 Å². The summed E-state index contributed by atoms with van der Waals surface area (Å²) in [6, 6.07) is 10.4. The first-order chi connectivity index (χ1) is 14.9. The van der Waals surface area contributed by atoms with Crippen molar-refractivity contribution in [3.63, 3.8) is 0 Å². The summed E-state index contributed by atoms with van der Waals surface area (Å²) in [5.41, 5.74) is -0.773. The standard InChI is InChI=1S/C21H25F3NO6P/c1-4-14(2)31-32(27,28)13-25-20(26)15(3)29-17-9-11-19(12-10-17)30-18-7-5-16(6-8-18)21(22,23)24/h5-12,14-15H,4,13H2,1-3H3,(H,25,26)(H,27,28). The third-order valence-corrected chi connectivity index (χ3v) is 5.54. The Morgan fingerprint density at radius 2 is 1.53 bits per heavy atom. The normalized spacial score (nSPS) is 15.3. The van der Waals surface area contributed by atoms with Crippen LogP contribution in [0.25, 0.3) is 0 Å². The molecule has 176 valence electrons. The fourth-order valence-corrected chi connectivity index (χ4v) is 3.55. The molecule has 0 spiro atoms. The molecule has 0 saturated carbocycles. The number of nitrogens with one attached hydrogen (secondary N) is 1. The maximum Gasteiger partial charge on any atom is 0.416 e. The van der Waals surface area contributed by atoms with E-state index in [1.54, 1.807) is 13.8 Å². The third kappa shape index (κ3) is 8.18. The van der Waals surface area contributed by atoms with Crippen molar-refractivity contribution in [2.45, 2.75) is 45.6 Å². The lowest BCUT2D eigenvalue weighted by Crippen LogP contribution is -2.37. The number of rotatable bonds is 10. The van der Waals surface area contributed by atoms with Crippen molar-refractivity contribution >= 4 is 13.5 Å². The number of carbonyl (C=O) groups excluding carboxylic acids is 1. The first-order valence-electron chi connectivity index (χ1n) is 9.79. The summed E-state index contributed by atoms with van der Waals surface area (Å²) in [6.07, 6.45) is -5.78. The highest BCUT2D eigenvalue weighted by molar-refractivity contribution is 7.52. The minimum absolute atomic E-state index is 0.229. The van der Waals surface area contributed by atoms with Crippen LogP contribution in [-0.4, -0.2) is 29.3 Å². The SMILES string of the molecule is CCC(C)OP(=O)(O)CNC(=O)C(C)Oc1ccc(Oc2ccc(C(F)(F)F)cc2)cc1. The third-order valence-electron chi connectivity index (χ3n) is 4.30. The van der Waals surface area contributed by atoms with Gasteiger partial charge in [0.2, 0.25) is 0 Å². The molecule has 32 heavy (non-hydrogen) atoms. The van der Waals surface area contributed by atoms with Gasteiger partial charge in [-0.3, -0.25) is 9.36 Å². The van der Waals surface area contributed by atoms with E-state index < -0.39 is 43.7 Å². The van der Waals surface area contributed by atoms with Gasteiger partial charge < -0.3 is 24.2 Å². The molecule has 3 atom stereocenters. The van der Waals surface area contributed by atoms with Gasteiger partial charge in [-0.05, 0) is 68.8 Å². The van der Waals surface area contributed by atoms with Crippen molar-refractivity contribution in [2.24, 2.45) is 0 Å². The smallest absolute Gasteiger partial charge is 0.416 e. The molecular formula is C21H25F3NO6P. The van der Waals surface area contributed by atoms with Crippen LogP contribution in [0.4, 0.5) is 13.2 Å². The Hall–Kier alpha value is -2.55. The zero-order valence-electron chi connectivity index (χ0n) is 17.8. The van der Waals surface area contributed by atoms with Crippen LogP contribution in [0.1, 0.15) is 32.8 Å². The van der Waals surface area contributed by atoms with Crippen LogP contribution in [0.3, 0.4) is 0 Å². The highest BCUT2D eigenvalue weighted by atomic mass is 31.2. The molecule has 0 aliphatic carbocycles. The summed E-state index contributed by atoms with van der Waals surface area (Å²) in [7, 11) is -3.96. The van der Waals surface area contributed by atoms with Crippen LogP contribution >= 0.6 is 7.60 Å². The number of amides is 1. The molecule has 2 aromatic rings. The van der Waals surface area contributed by atoms with E-state index in [1.807, 2.05) is 0 Å². The van der Waals surface area contributed by atoms with Crippen LogP contribution in [0.15, 0.2) is 48.5 Å². The summed E-state index contributed by atoms with van der Waals surface area (Å²) >= 11 is 0. The van der Waals surface area contributed by atoms with E-state index in [0.29, 0.717) is 17.9 Å². The van der Waals surface area contributed by atoms with Crippen molar-refractivity contribution in [1.82, 2.24) is 5.32 Å². The topological polar surface area (TPSA) is 94.1 Å². The Labute approximate surface area is 184 Å². The van der Waals surface area contributed by atoms with Gasteiger partial charge in [-0.1, -0.05) is 6.92 Å². The first-order valence-corrected chi connectivity index (χ1v) is 11.6. The Morgan fingerprint density at radius 3 is 2.03 bits per heavy atom. The van der Waals surface area contributed by atoms with E-state index >= 15 is 0 Å². The van der Waals surface area contributed by atoms with Gasteiger partial charge in [0.1, 0.15) is 23.5 Å². The highest BCUT2D eigenvalue weighted by Gasteiger charge is 2.30. The average molecular weight is 475 g/mol. The average Bonchev–Trinajstić information content (AvgIpc) is 2.72. The van der Waals surface area contributed by atoms with E-state index in [4.69, 9.17) is 14.0 Å². The highest BCUT2D eigenvalue weighted by Crippen LogP contribution is 2.42. The minimum Gasteiger partial charge on any atom is -0.481 e. The molecule has 2 aromatic carbocycles. The lowest BCUT2D eigenvalue weighted by Gasteiger charge is -2.19. The molecule has 0 bridgehead atoms. The van der Waals surface area contributed by atoms with Crippen LogP contribution < -0.4 is 14.8 Å². The Kier molecular flexibility index (Phi) is 8.72. The van der Waals surface area contributed by atoms with Crippen LogP contribution in [0.5, 0.6) is 17.2 Å². The Balaban J connectivity index is 1.87. The molecule has 0 aromatic heterocycles. The fourth-order valence-electron chi connectivity index (χ4n) is 2.41. The number of halogens is 3. The molecule has 1 amide bonds. The Bertz CT molecular complexity index is 934. The monoisotopic (exact) mass is 475 g/mol. The summed E-state index contributed by atoms with van der Waals surface area (Å²) in [5.74, 6) is 0.317. The van der Waals surface area contributed by atoms with Gasteiger partial charge >= 0.3 is 13.8 Å². The number of benzene rings is 2. The van der Waals surface area contributed by atoms with Crippen molar-refractivity contribution in [2.75, 3.05) is 6.29 Å². The molecular weight excluding hydrogens is 450 g/mol. The maximum absolute atomic E-state index is 12.6. The van der Waals surface area contributed by atoms with E-state index in [0.717, 1.165) is 12.1 Å². The van der Waals surface area contributed by atoms with Gasteiger partial charge in [-0.2, -0.15) is 13.2 Å². The molecule has 3 unspecified atom stereocenters. The largest absolute Gasteiger partial charge is 0.481 e. The van der Waals surface area contributed by atoms with Crippen LogP contribution in [-0.2, 0) is 20.1 Å². The van der Waals surface area contributed by atoms with E-state index in [9.17, 15) is 27.4 Å².